The van der Waals surface area contributed by atoms with Crippen LogP contribution in [0.2, 0.25) is 5.02 Å². The van der Waals surface area contributed by atoms with Crippen LogP contribution >= 0.6 is 11.6 Å². The molecule has 3 aromatic rings. The second-order valence-corrected chi connectivity index (χ2v) is 10.1. The molecule has 1 heterocycles. The number of amides is 5. The minimum Gasteiger partial charge on any atom is -0.490 e. The molecule has 0 saturated carbocycles. The molecule has 1 fully saturated rings. The molecule has 0 bridgehead atoms. The van der Waals surface area contributed by atoms with E-state index < -0.39 is 23.8 Å². The van der Waals surface area contributed by atoms with Crippen LogP contribution < -0.4 is 29.7 Å². The second kappa shape index (κ2) is 13.9. The summed E-state index contributed by atoms with van der Waals surface area (Å²) in [6, 6.07) is 14.0. The summed E-state index contributed by atoms with van der Waals surface area (Å²) in [7, 11) is 0. The molecule has 0 aromatic heterocycles. The van der Waals surface area contributed by atoms with E-state index in [2.05, 4.69) is 10.6 Å². The van der Waals surface area contributed by atoms with E-state index in [1.165, 1.54) is 30.3 Å². The fourth-order valence-corrected chi connectivity index (χ4v) is 4.43. The molecule has 10 nitrogen and oxygen atoms in total. The first-order valence-corrected chi connectivity index (χ1v) is 14.1. The van der Waals surface area contributed by atoms with Gasteiger partial charge in [0.2, 0.25) is 0 Å². The molecule has 0 atom stereocenters. The van der Waals surface area contributed by atoms with Crippen LogP contribution in [0.1, 0.15) is 37.0 Å². The van der Waals surface area contributed by atoms with Gasteiger partial charge in [-0.05, 0) is 80.8 Å². The van der Waals surface area contributed by atoms with Crippen molar-refractivity contribution in [3.05, 3.63) is 81.9 Å². The Hall–Kier alpha value is -4.83. The predicted octanol–water partition coefficient (Wildman–Crippen LogP) is 5.83. The van der Waals surface area contributed by atoms with Crippen molar-refractivity contribution >= 4 is 52.8 Å². The zero-order chi connectivity index (χ0) is 31.1. The molecule has 1 aliphatic heterocycles. The molecule has 2 N–H and O–H groups in total. The lowest BCUT2D eigenvalue weighted by Crippen LogP contribution is -2.54. The number of urea groups is 1. The standard InChI is InChI=1S/C32H32ClN3O7/c1-5-13-42-27-12-10-23(17-28(27)41-6-2)36-31(39)24(30(38)35-32(36)40)16-21-15-22(33)9-11-26(21)43-18-29(37)34-25-14-19(3)7-8-20(25)4/h7-12,14-17H,5-6,13,18H2,1-4H3,(H,34,37)(H,35,38,40)/b24-16+. The van der Waals surface area contributed by atoms with Crippen molar-refractivity contribution in [2.75, 3.05) is 30.0 Å². The van der Waals surface area contributed by atoms with Crippen molar-refractivity contribution < 1.29 is 33.4 Å². The minimum atomic E-state index is -0.914. The predicted molar refractivity (Wildman–Crippen MR) is 164 cm³/mol. The topological polar surface area (TPSA) is 123 Å². The quantitative estimate of drug-likeness (QED) is 0.208. The number of carbonyl (C=O) groups is 4. The molecule has 0 unspecified atom stereocenters. The lowest BCUT2D eigenvalue weighted by atomic mass is 10.1. The van der Waals surface area contributed by atoms with Gasteiger partial charge in [0.15, 0.2) is 18.1 Å². The Labute approximate surface area is 254 Å². The lowest BCUT2D eigenvalue weighted by Gasteiger charge is -2.27. The molecule has 0 radical (unpaired) electrons. The smallest absolute Gasteiger partial charge is 0.335 e. The van der Waals surface area contributed by atoms with Gasteiger partial charge in [0.05, 0.1) is 18.9 Å². The van der Waals surface area contributed by atoms with Crippen LogP contribution in [-0.2, 0) is 14.4 Å². The minimum absolute atomic E-state index is 0.180. The van der Waals surface area contributed by atoms with Crippen molar-refractivity contribution in [3.63, 3.8) is 0 Å². The maximum atomic E-state index is 13.6. The van der Waals surface area contributed by atoms with E-state index in [4.69, 9.17) is 25.8 Å². The van der Waals surface area contributed by atoms with Gasteiger partial charge in [-0.1, -0.05) is 30.7 Å². The zero-order valence-corrected chi connectivity index (χ0v) is 25.0. The first-order chi connectivity index (χ1) is 20.6. The maximum absolute atomic E-state index is 13.6. The van der Waals surface area contributed by atoms with Gasteiger partial charge in [-0.25, -0.2) is 9.69 Å². The number of aryl methyl sites for hydroxylation is 2. The SMILES string of the molecule is CCCOc1ccc(N2C(=O)NC(=O)/C(=C\c3cc(Cl)ccc3OCC(=O)Nc3cc(C)ccc3C)C2=O)cc1OCC. The number of halogens is 1. The average Bonchev–Trinajstić information content (AvgIpc) is 2.96. The van der Waals surface area contributed by atoms with Crippen LogP contribution in [-0.4, -0.2) is 43.6 Å². The van der Waals surface area contributed by atoms with Crippen molar-refractivity contribution in [2.24, 2.45) is 0 Å². The molecule has 0 spiro atoms. The van der Waals surface area contributed by atoms with Gasteiger partial charge >= 0.3 is 6.03 Å². The van der Waals surface area contributed by atoms with E-state index in [1.54, 1.807) is 19.1 Å². The number of nitrogens with one attached hydrogen (secondary N) is 2. The summed E-state index contributed by atoms with van der Waals surface area (Å²) in [6.07, 6.45) is 2.05. The van der Waals surface area contributed by atoms with E-state index in [1.807, 2.05) is 39.0 Å². The average molecular weight is 606 g/mol. The van der Waals surface area contributed by atoms with Gasteiger partial charge in [-0.2, -0.15) is 0 Å². The number of ether oxygens (including phenoxy) is 3. The first-order valence-electron chi connectivity index (χ1n) is 13.7. The van der Waals surface area contributed by atoms with E-state index >= 15 is 0 Å². The Balaban J connectivity index is 1.60. The molecule has 11 heteroatoms. The van der Waals surface area contributed by atoms with Gasteiger partial charge in [-0.3, -0.25) is 19.7 Å². The molecular weight excluding hydrogens is 574 g/mol. The lowest BCUT2D eigenvalue weighted by molar-refractivity contribution is -0.122. The van der Waals surface area contributed by atoms with E-state index in [9.17, 15) is 19.2 Å². The highest BCUT2D eigenvalue weighted by molar-refractivity contribution is 6.39. The highest BCUT2D eigenvalue weighted by atomic mass is 35.5. The first kappa shape index (κ1) is 31.1. The van der Waals surface area contributed by atoms with Crippen molar-refractivity contribution in [1.82, 2.24) is 5.32 Å². The number of carbonyl (C=O) groups excluding carboxylic acids is 4. The molecular formula is C32H32ClN3O7. The summed E-state index contributed by atoms with van der Waals surface area (Å²) in [4.78, 5) is 52.7. The fourth-order valence-electron chi connectivity index (χ4n) is 4.25. The summed E-state index contributed by atoms with van der Waals surface area (Å²) in [5.74, 6) is -1.14. The van der Waals surface area contributed by atoms with Crippen molar-refractivity contribution in [1.29, 1.82) is 0 Å². The van der Waals surface area contributed by atoms with Crippen LogP contribution in [0.3, 0.4) is 0 Å². The van der Waals surface area contributed by atoms with Crippen LogP contribution in [0.4, 0.5) is 16.2 Å². The molecule has 1 aliphatic rings. The molecule has 1 saturated heterocycles. The number of benzene rings is 3. The normalized spacial score (nSPS) is 14.0. The summed E-state index contributed by atoms with van der Waals surface area (Å²) < 4.78 is 17.1. The number of barbiturate groups is 1. The molecule has 4 rings (SSSR count). The second-order valence-electron chi connectivity index (χ2n) is 9.71. The van der Waals surface area contributed by atoms with E-state index in [0.717, 1.165) is 22.4 Å². The molecule has 43 heavy (non-hydrogen) atoms. The fraction of sp³-hybridized carbons (Fsp3) is 0.250. The Bertz CT molecular complexity index is 1600. The Kier molecular flexibility index (Phi) is 10.0. The van der Waals surface area contributed by atoms with Crippen LogP contribution in [0, 0.1) is 13.8 Å². The van der Waals surface area contributed by atoms with Gasteiger partial charge in [0, 0.05) is 22.3 Å². The summed E-state index contributed by atoms with van der Waals surface area (Å²) in [6.45, 7) is 8.01. The Morgan fingerprint density at radius 2 is 1.70 bits per heavy atom. The summed E-state index contributed by atoms with van der Waals surface area (Å²) in [5.41, 5.74) is 2.66. The van der Waals surface area contributed by atoms with Crippen LogP contribution in [0.15, 0.2) is 60.2 Å². The third-order valence-electron chi connectivity index (χ3n) is 6.35. The number of imide groups is 2. The van der Waals surface area contributed by atoms with Gasteiger partial charge in [-0.15, -0.1) is 0 Å². The van der Waals surface area contributed by atoms with Crippen LogP contribution in [0.25, 0.3) is 6.08 Å². The number of hydrogen-bond acceptors (Lipinski definition) is 7. The summed E-state index contributed by atoms with van der Waals surface area (Å²) >= 11 is 6.22. The van der Waals surface area contributed by atoms with Gasteiger partial charge in [0.25, 0.3) is 17.7 Å². The van der Waals surface area contributed by atoms with Crippen molar-refractivity contribution in [2.45, 2.75) is 34.1 Å². The molecule has 0 aliphatic carbocycles. The van der Waals surface area contributed by atoms with Gasteiger partial charge in [0.1, 0.15) is 11.3 Å². The van der Waals surface area contributed by atoms with Gasteiger partial charge < -0.3 is 19.5 Å². The Morgan fingerprint density at radius 3 is 2.44 bits per heavy atom. The summed E-state index contributed by atoms with van der Waals surface area (Å²) in [5, 5.41) is 5.32. The Morgan fingerprint density at radius 1 is 0.930 bits per heavy atom. The number of hydrogen-bond donors (Lipinski definition) is 2. The molecule has 224 valence electrons. The maximum Gasteiger partial charge on any atom is 0.335 e. The van der Waals surface area contributed by atoms with Crippen molar-refractivity contribution in [3.8, 4) is 17.2 Å². The number of nitrogens with zero attached hydrogens (tertiary/aromatic N) is 1. The van der Waals surface area contributed by atoms with Crippen LogP contribution in [0.5, 0.6) is 17.2 Å². The third-order valence-corrected chi connectivity index (χ3v) is 6.58. The number of rotatable bonds is 11. The third kappa shape index (κ3) is 7.52. The molecule has 3 aromatic carbocycles. The highest BCUT2D eigenvalue weighted by Crippen LogP contribution is 2.34. The number of anilines is 2. The van der Waals surface area contributed by atoms with E-state index in [-0.39, 0.29) is 29.2 Å². The van der Waals surface area contributed by atoms with E-state index in [0.29, 0.717) is 35.4 Å². The molecule has 5 amide bonds. The highest BCUT2D eigenvalue weighted by Gasteiger charge is 2.37. The monoisotopic (exact) mass is 605 g/mol. The largest absolute Gasteiger partial charge is 0.490 e. The zero-order valence-electron chi connectivity index (χ0n) is 24.3.